The number of carbonyl (C=O) groups is 1. The highest BCUT2D eigenvalue weighted by Gasteiger charge is 2.36. The summed E-state index contributed by atoms with van der Waals surface area (Å²) >= 11 is 4.91. The van der Waals surface area contributed by atoms with Gasteiger partial charge in [0.1, 0.15) is 16.4 Å². The van der Waals surface area contributed by atoms with Crippen molar-refractivity contribution in [3.63, 3.8) is 0 Å². The van der Waals surface area contributed by atoms with E-state index in [0.717, 1.165) is 5.69 Å². The molecule has 1 aliphatic heterocycles. The van der Waals surface area contributed by atoms with E-state index in [1.807, 2.05) is 12.3 Å². The van der Waals surface area contributed by atoms with Gasteiger partial charge in [-0.2, -0.15) is 4.98 Å². The first kappa shape index (κ1) is 22.1. The Hall–Kier alpha value is -2.08. The number of nitrogens with zero attached hydrogens (tertiary/aromatic N) is 4. The van der Waals surface area contributed by atoms with E-state index in [-0.39, 0.29) is 25.0 Å². The molecule has 0 radical (unpaired) electrons. The third-order valence-corrected chi connectivity index (χ3v) is 6.92. The molecule has 8 nitrogen and oxygen atoms in total. The molecule has 1 saturated carbocycles. The van der Waals surface area contributed by atoms with Crippen molar-refractivity contribution in [2.45, 2.75) is 50.7 Å². The van der Waals surface area contributed by atoms with Gasteiger partial charge in [0.25, 0.3) is 0 Å². The number of anilines is 1. The standard InChI is InChI=1S/C19H22BrF2N5O3S/c1-10-9-31-17(23-10)15-25-14(24-11-3-5-19(21,22)6-4-11)13(20)16(26-15)30-12-7-27(8-12)18(28)29-2/h9,11-12H,3-8H2,1-2H3,(H,24,25,26). The van der Waals surface area contributed by atoms with Gasteiger partial charge >= 0.3 is 6.09 Å². The number of aryl methyl sites for hydroxylation is 1. The van der Waals surface area contributed by atoms with E-state index < -0.39 is 12.0 Å². The number of hydrogen-bond acceptors (Lipinski definition) is 8. The molecule has 0 bridgehead atoms. The lowest BCUT2D eigenvalue weighted by molar-refractivity contribution is -0.0361. The summed E-state index contributed by atoms with van der Waals surface area (Å²) in [5.41, 5.74) is 0.853. The van der Waals surface area contributed by atoms with Gasteiger partial charge in [-0.25, -0.2) is 23.5 Å². The lowest BCUT2D eigenvalue weighted by Gasteiger charge is -2.37. The van der Waals surface area contributed by atoms with E-state index in [2.05, 4.69) is 36.2 Å². The van der Waals surface area contributed by atoms with Gasteiger partial charge in [0.15, 0.2) is 10.8 Å². The Morgan fingerprint density at radius 3 is 2.61 bits per heavy atom. The van der Waals surface area contributed by atoms with Gasteiger partial charge in [-0.1, -0.05) is 0 Å². The number of methoxy groups -OCH3 is 1. The summed E-state index contributed by atoms with van der Waals surface area (Å²) in [6.45, 7) is 2.65. The summed E-state index contributed by atoms with van der Waals surface area (Å²) in [6, 6.07) is -0.122. The first-order chi connectivity index (χ1) is 14.7. The number of alkyl halides is 2. The summed E-state index contributed by atoms with van der Waals surface area (Å²) in [5.74, 6) is -1.42. The molecule has 168 valence electrons. The lowest BCUT2D eigenvalue weighted by atomic mass is 9.92. The number of hydrogen-bond donors (Lipinski definition) is 1. The largest absolute Gasteiger partial charge is 0.470 e. The van der Waals surface area contributed by atoms with Gasteiger partial charge in [0.05, 0.1) is 20.2 Å². The number of carbonyl (C=O) groups excluding carboxylic acids is 1. The third kappa shape index (κ3) is 5.05. The zero-order chi connectivity index (χ0) is 22.2. The average molecular weight is 518 g/mol. The van der Waals surface area contributed by atoms with Crippen LogP contribution in [-0.2, 0) is 4.74 Å². The van der Waals surface area contributed by atoms with Crippen LogP contribution in [0.15, 0.2) is 9.85 Å². The van der Waals surface area contributed by atoms with E-state index in [4.69, 9.17) is 9.47 Å². The van der Waals surface area contributed by atoms with Gasteiger partial charge < -0.3 is 19.7 Å². The van der Waals surface area contributed by atoms with E-state index in [9.17, 15) is 13.6 Å². The fourth-order valence-corrected chi connectivity index (χ4v) is 4.59. The summed E-state index contributed by atoms with van der Waals surface area (Å²) in [4.78, 5) is 26.6. The van der Waals surface area contributed by atoms with Crippen LogP contribution in [0.2, 0.25) is 0 Å². The maximum atomic E-state index is 13.5. The number of nitrogens with one attached hydrogen (secondary N) is 1. The van der Waals surface area contributed by atoms with E-state index in [0.29, 0.717) is 52.9 Å². The second-order valence-corrected chi connectivity index (χ2v) is 9.35. The van der Waals surface area contributed by atoms with Gasteiger partial charge in [0.2, 0.25) is 11.8 Å². The maximum absolute atomic E-state index is 13.5. The summed E-state index contributed by atoms with van der Waals surface area (Å²) in [6.07, 6.45) is -0.250. The highest BCUT2D eigenvalue weighted by Crippen LogP contribution is 2.38. The van der Waals surface area contributed by atoms with Gasteiger partial charge in [-0.15, -0.1) is 11.3 Å². The number of amides is 1. The molecule has 1 N–H and O–H groups in total. The molecule has 1 amide bonds. The normalized spacial score (nSPS) is 19.1. The molecule has 0 aromatic carbocycles. The number of halogens is 3. The third-order valence-electron chi connectivity index (χ3n) is 5.25. The van der Waals surface area contributed by atoms with Crippen LogP contribution >= 0.6 is 27.3 Å². The average Bonchev–Trinajstić information content (AvgIpc) is 3.14. The Balaban J connectivity index is 1.55. The van der Waals surface area contributed by atoms with Crippen LogP contribution in [-0.4, -0.2) is 64.2 Å². The van der Waals surface area contributed by atoms with Crippen LogP contribution in [0.4, 0.5) is 19.4 Å². The second-order valence-electron chi connectivity index (χ2n) is 7.70. The molecular weight excluding hydrogens is 496 g/mol. The van der Waals surface area contributed by atoms with Crippen molar-refractivity contribution >= 4 is 39.2 Å². The molecule has 2 aromatic heterocycles. The van der Waals surface area contributed by atoms with Crippen LogP contribution < -0.4 is 10.1 Å². The SMILES string of the molecule is COC(=O)N1CC(Oc2nc(-c3nc(C)cs3)nc(NC3CCC(F)(F)CC3)c2Br)C1. The molecule has 1 saturated heterocycles. The number of ether oxygens (including phenoxy) is 2. The molecule has 31 heavy (non-hydrogen) atoms. The minimum atomic E-state index is -2.60. The van der Waals surface area contributed by atoms with Gasteiger partial charge in [-0.05, 0) is 35.7 Å². The van der Waals surface area contributed by atoms with Crippen molar-refractivity contribution in [3.05, 3.63) is 15.5 Å². The summed E-state index contributed by atoms with van der Waals surface area (Å²) in [7, 11) is 1.33. The maximum Gasteiger partial charge on any atom is 0.409 e. The Kier molecular flexibility index (Phi) is 6.29. The van der Waals surface area contributed by atoms with Crippen molar-refractivity contribution in [1.82, 2.24) is 19.9 Å². The zero-order valence-corrected chi connectivity index (χ0v) is 19.4. The minimum Gasteiger partial charge on any atom is -0.470 e. The second kappa shape index (κ2) is 8.81. The number of rotatable bonds is 5. The zero-order valence-electron chi connectivity index (χ0n) is 17.0. The minimum absolute atomic E-state index is 0.122. The molecule has 12 heteroatoms. The summed E-state index contributed by atoms with van der Waals surface area (Å²) < 4.78 is 38.3. The van der Waals surface area contributed by atoms with E-state index in [1.54, 1.807) is 0 Å². The van der Waals surface area contributed by atoms with Crippen LogP contribution in [0, 0.1) is 6.92 Å². The Morgan fingerprint density at radius 1 is 1.29 bits per heavy atom. The Morgan fingerprint density at radius 2 is 2.00 bits per heavy atom. The smallest absolute Gasteiger partial charge is 0.409 e. The molecular formula is C19H22BrF2N5O3S. The summed E-state index contributed by atoms with van der Waals surface area (Å²) in [5, 5.41) is 5.81. The number of aromatic nitrogens is 3. The highest BCUT2D eigenvalue weighted by molar-refractivity contribution is 9.10. The van der Waals surface area contributed by atoms with Gasteiger partial charge in [-0.3, -0.25) is 0 Å². The number of likely N-dealkylation sites (tertiary alicyclic amines) is 1. The molecule has 0 atom stereocenters. The van der Waals surface area contributed by atoms with Crippen molar-refractivity contribution in [2.24, 2.45) is 0 Å². The highest BCUT2D eigenvalue weighted by atomic mass is 79.9. The molecule has 2 fully saturated rings. The number of thiazole rings is 1. The molecule has 0 unspecified atom stereocenters. The van der Waals surface area contributed by atoms with Crippen molar-refractivity contribution < 1.29 is 23.0 Å². The van der Waals surface area contributed by atoms with E-state index >= 15 is 0 Å². The van der Waals surface area contributed by atoms with Gasteiger partial charge in [0, 0.05) is 30.0 Å². The predicted octanol–water partition coefficient (Wildman–Crippen LogP) is 4.49. The van der Waals surface area contributed by atoms with Crippen LogP contribution in [0.3, 0.4) is 0 Å². The van der Waals surface area contributed by atoms with E-state index in [1.165, 1.54) is 23.3 Å². The first-order valence-electron chi connectivity index (χ1n) is 9.88. The van der Waals surface area contributed by atoms with Crippen LogP contribution in [0.25, 0.3) is 10.8 Å². The monoisotopic (exact) mass is 517 g/mol. The fraction of sp³-hybridized carbons (Fsp3) is 0.579. The molecule has 3 heterocycles. The van der Waals surface area contributed by atoms with Crippen LogP contribution in [0.1, 0.15) is 31.4 Å². The first-order valence-corrected chi connectivity index (χ1v) is 11.6. The molecule has 2 aromatic rings. The molecule has 0 spiro atoms. The van der Waals surface area contributed by atoms with Crippen molar-refractivity contribution in [1.29, 1.82) is 0 Å². The Labute approximate surface area is 190 Å². The predicted molar refractivity (Wildman–Crippen MR) is 115 cm³/mol. The lowest BCUT2D eigenvalue weighted by Crippen LogP contribution is -2.56. The molecule has 1 aliphatic carbocycles. The molecule has 2 aliphatic rings. The quantitative estimate of drug-likeness (QED) is 0.624. The Bertz CT molecular complexity index is 960. The van der Waals surface area contributed by atoms with Crippen molar-refractivity contribution in [3.8, 4) is 16.7 Å². The van der Waals surface area contributed by atoms with Crippen LogP contribution in [0.5, 0.6) is 5.88 Å². The van der Waals surface area contributed by atoms with Crippen molar-refractivity contribution in [2.75, 3.05) is 25.5 Å². The molecule has 4 rings (SSSR count). The fourth-order valence-electron chi connectivity index (χ4n) is 3.48. The topological polar surface area (TPSA) is 89.5 Å².